The Hall–Kier alpha value is -3.62. The van der Waals surface area contributed by atoms with E-state index in [9.17, 15) is 14.0 Å². The summed E-state index contributed by atoms with van der Waals surface area (Å²) < 4.78 is 29.7. The van der Waals surface area contributed by atoms with Gasteiger partial charge in [0.05, 0.1) is 14.2 Å². The number of para-hydroxylation sites is 1. The molecule has 0 bridgehead atoms. The number of aromatic nitrogens is 2. The molecule has 1 heterocycles. The summed E-state index contributed by atoms with van der Waals surface area (Å²) in [6.07, 6.45) is 0. The zero-order valence-electron chi connectivity index (χ0n) is 16.2. The Morgan fingerprint density at radius 1 is 1.17 bits per heavy atom. The number of rotatable bonds is 7. The molecule has 0 aliphatic heterocycles. The van der Waals surface area contributed by atoms with Crippen LogP contribution in [0, 0.1) is 5.82 Å². The van der Waals surface area contributed by atoms with Crippen molar-refractivity contribution in [1.29, 1.82) is 0 Å². The van der Waals surface area contributed by atoms with Gasteiger partial charge < -0.3 is 18.8 Å². The molecule has 3 rings (SSSR count). The first-order valence-corrected chi connectivity index (χ1v) is 8.70. The lowest BCUT2D eigenvalue weighted by atomic mass is 10.1. The van der Waals surface area contributed by atoms with Crippen molar-refractivity contribution in [1.82, 2.24) is 14.7 Å². The molecular weight excluding hydrogens is 381 g/mol. The monoisotopic (exact) mass is 401 g/mol. The zero-order chi connectivity index (χ0) is 21.0. The summed E-state index contributed by atoms with van der Waals surface area (Å²) in [5.74, 6) is -0.435. The molecule has 0 saturated carbocycles. The van der Waals surface area contributed by atoms with Crippen molar-refractivity contribution in [3.8, 4) is 23.0 Å². The maximum atomic E-state index is 13.0. The van der Waals surface area contributed by atoms with Gasteiger partial charge in [-0.2, -0.15) is 4.68 Å². The molecule has 1 aromatic heterocycles. The lowest BCUT2D eigenvalue weighted by molar-refractivity contribution is -0.131. The second-order valence-electron chi connectivity index (χ2n) is 6.24. The Balaban J connectivity index is 1.74. The summed E-state index contributed by atoms with van der Waals surface area (Å²) in [6, 6.07) is 10.7. The van der Waals surface area contributed by atoms with Crippen LogP contribution in [0.3, 0.4) is 0 Å². The second-order valence-corrected chi connectivity index (χ2v) is 6.24. The Morgan fingerprint density at radius 3 is 2.55 bits per heavy atom. The highest BCUT2D eigenvalue weighted by Crippen LogP contribution is 2.31. The molecule has 0 aliphatic rings. The fourth-order valence-electron chi connectivity index (χ4n) is 2.79. The Labute approximate surface area is 166 Å². The molecule has 0 radical (unpaired) electrons. The normalized spacial score (nSPS) is 10.6. The van der Waals surface area contributed by atoms with Crippen LogP contribution in [-0.2, 0) is 17.9 Å². The van der Waals surface area contributed by atoms with Crippen LogP contribution in [-0.4, -0.2) is 41.9 Å². The molecule has 2 aromatic carbocycles. The number of carbonyl (C=O) groups excluding carboxylic acids is 1. The van der Waals surface area contributed by atoms with E-state index in [1.165, 1.54) is 43.4 Å². The topological polar surface area (TPSA) is 86.8 Å². The van der Waals surface area contributed by atoms with E-state index in [4.69, 9.17) is 13.9 Å². The summed E-state index contributed by atoms with van der Waals surface area (Å²) in [6.45, 7) is -0.0526. The van der Waals surface area contributed by atoms with E-state index in [0.717, 1.165) is 10.2 Å². The molecule has 0 atom stereocenters. The Morgan fingerprint density at radius 2 is 1.90 bits per heavy atom. The van der Waals surface area contributed by atoms with Gasteiger partial charge in [0.2, 0.25) is 11.8 Å². The number of nitrogens with zero attached hydrogens (tertiary/aromatic N) is 3. The average Bonchev–Trinajstić information content (AvgIpc) is 3.08. The van der Waals surface area contributed by atoms with Gasteiger partial charge in [0.1, 0.15) is 12.4 Å². The van der Waals surface area contributed by atoms with Crippen molar-refractivity contribution in [3.05, 3.63) is 64.4 Å². The van der Waals surface area contributed by atoms with E-state index in [1.54, 1.807) is 19.2 Å². The molecule has 0 N–H and O–H groups in total. The van der Waals surface area contributed by atoms with Gasteiger partial charge in [-0.15, -0.1) is 5.10 Å². The van der Waals surface area contributed by atoms with Crippen LogP contribution in [0.15, 0.2) is 51.7 Å². The van der Waals surface area contributed by atoms with Crippen molar-refractivity contribution < 1.29 is 23.1 Å². The summed E-state index contributed by atoms with van der Waals surface area (Å²) in [5, 5.41) is 4.02. The average molecular weight is 401 g/mol. The van der Waals surface area contributed by atoms with Gasteiger partial charge >= 0.3 is 5.76 Å². The van der Waals surface area contributed by atoms with Crippen LogP contribution in [0.1, 0.15) is 5.56 Å². The first kappa shape index (κ1) is 20.1. The number of halogens is 1. The van der Waals surface area contributed by atoms with E-state index in [1.807, 2.05) is 6.07 Å². The van der Waals surface area contributed by atoms with Gasteiger partial charge in [0.15, 0.2) is 11.5 Å². The molecule has 152 valence electrons. The Bertz CT molecular complexity index is 1060. The number of benzene rings is 2. The highest BCUT2D eigenvalue weighted by molar-refractivity contribution is 5.75. The summed E-state index contributed by atoms with van der Waals surface area (Å²) >= 11 is 0. The first-order valence-electron chi connectivity index (χ1n) is 8.70. The predicted molar refractivity (Wildman–Crippen MR) is 102 cm³/mol. The molecule has 29 heavy (non-hydrogen) atoms. The number of hydrogen-bond acceptors (Lipinski definition) is 6. The molecule has 0 aliphatic carbocycles. The molecule has 0 saturated heterocycles. The summed E-state index contributed by atoms with van der Waals surface area (Å²) in [5.41, 5.74) is 1.19. The molecule has 1 amide bonds. The van der Waals surface area contributed by atoms with Crippen LogP contribution in [0.4, 0.5) is 4.39 Å². The van der Waals surface area contributed by atoms with E-state index in [0.29, 0.717) is 17.1 Å². The molecule has 0 fully saturated rings. The van der Waals surface area contributed by atoms with Crippen molar-refractivity contribution >= 4 is 5.91 Å². The minimum absolute atomic E-state index is 0.0138. The molecule has 3 aromatic rings. The van der Waals surface area contributed by atoms with E-state index >= 15 is 0 Å². The maximum Gasteiger partial charge on any atom is 0.437 e. The largest absolute Gasteiger partial charge is 0.493 e. The number of hydrogen-bond donors (Lipinski definition) is 0. The summed E-state index contributed by atoms with van der Waals surface area (Å²) in [4.78, 5) is 26.0. The highest BCUT2D eigenvalue weighted by Gasteiger charge is 2.18. The highest BCUT2D eigenvalue weighted by atomic mass is 19.1. The van der Waals surface area contributed by atoms with E-state index in [2.05, 4.69) is 5.10 Å². The number of carbonyl (C=O) groups is 1. The van der Waals surface area contributed by atoms with E-state index in [-0.39, 0.29) is 24.9 Å². The maximum absolute atomic E-state index is 13.0. The lowest BCUT2D eigenvalue weighted by Crippen LogP contribution is -2.33. The lowest BCUT2D eigenvalue weighted by Gasteiger charge is -2.19. The minimum atomic E-state index is -0.773. The van der Waals surface area contributed by atoms with Crippen molar-refractivity contribution in [2.24, 2.45) is 0 Å². The van der Waals surface area contributed by atoms with Gasteiger partial charge in [-0.3, -0.25) is 4.79 Å². The van der Waals surface area contributed by atoms with Crippen molar-refractivity contribution in [2.75, 3.05) is 21.3 Å². The third-order valence-corrected chi connectivity index (χ3v) is 4.30. The van der Waals surface area contributed by atoms with Crippen LogP contribution in [0.25, 0.3) is 11.5 Å². The van der Waals surface area contributed by atoms with Crippen molar-refractivity contribution in [3.63, 3.8) is 0 Å². The fourth-order valence-corrected chi connectivity index (χ4v) is 2.79. The third-order valence-electron chi connectivity index (χ3n) is 4.30. The molecular formula is C20H20FN3O5. The fraction of sp³-hybridized carbons (Fsp3) is 0.250. The van der Waals surface area contributed by atoms with Gasteiger partial charge in [0, 0.05) is 24.7 Å². The van der Waals surface area contributed by atoms with Gasteiger partial charge in [0.25, 0.3) is 0 Å². The van der Waals surface area contributed by atoms with Crippen LogP contribution in [0.2, 0.25) is 0 Å². The van der Waals surface area contributed by atoms with E-state index < -0.39 is 11.6 Å². The van der Waals surface area contributed by atoms with Crippen LogP contribution < -0.4 is 15.2 Å². The SMILES string of the molecule is COc1cccc(CN(C)C(=O)Cn2nc(-c3ccc(F)cc3)oc2=O)c1OC. The van der Waals surface area contributed by atoms with Crippen molar-refractivity contribution in [2.45, 2.75) is 13.1 Å². The number of amides is 1. The minimum Gasteiger partial charge on any atom is -0.493 e. The third kappa shape index (κ3) is 4.45. The second kappa shape index (κ2) is 8.59. The number of likely N-dealkylation sites (N-methyl/N-ethyl adjacent to an activating group) is 1. The van der Waals surface area contributed by atoms with Gasteiger partial charge in [-0.05, 0) is 30.3 Å². The number of ether oxygens (including phenoxy) is 2. The standard InChI is InChI=1S/C20H20FN3O5/c1-23(11-14-5-4-6-16(27-2)18(14)28-3)17(25)12-24-20(26)29-19(22-24)13-7-9-15(21)10-8-13/h4-10H,11-12H2,1-3H3. The van der Waals surface area contributed by atoms with Gasteiger partial charge in [-0.25, -0.2) is 9.18 Å². The Kier molecular flexibility index (Phi) is 5.96. The zero-order valence-corrected chi connectivity index (χ0v) is 16.2. The quantitative estimate of drug-likeness (QED) is 0.604. The number of methoxy groups -OCH3 is 2. The summed E-state index contributed by atoms with van der Waals surface area (Å²) in [7, 11) is 4.66. The smallest absolute Gasteiger partial charge is 0.437 e. The molecule has 0 spiro atoms. The van der Waals surface area contributed by atoms with Gasteiger partial charge in [-0.1, -0.05) is 12.1 Å². The first-order chi connectivity index (χ1) is 13.9. The molecule has 0 unspecified atom stereocenters. The van der Waals surface area contributed by atoms with Crippen LogP contribution >= 0.6 is 0 Å². The molecule has 8 nitrogen and oxygen atoms in total. The predicted octanol–water partition coefficient (Wildman–Crippen LogP) is 2.32. The molecule has 9 heteroatoms. The van der Waals surface area contributed by atoms with Crippen LogP contribution in [0.5, 0.6) is 11.5 Å².